The van der Waals surface area contributed by atoms with Crippen molar-refractivity contribution in [2.24, 2.45) is 35.5 Å². The quantitative estimate of drug-likeness (QED) is 0.660. The van der Waals surface area contributed by atoms with Crippen LogP contribution in [0.3, 0.4) is 0 Å². The van der Waals surface area contributed by atoms with Crippen LogP contribution in [-0.4, -0.2) is 22.7 Å². The van der Waals surface area contributed by atoms with Gasteiger partial charge >= 0.3 is 0 Å². The number of carbonyl (C=O) groups excluding carboxylic acids is 3. The van der Waals surface area contributed by atoms with Crippen molar-refractivity contribution in [3.05, 3.63) is 47.0 Å². The van der Waals surface area contributed by atoms with Gasteiger partial charge in [-0.15, -0.1) is 0 Å². The predicted molar refractivity (Wildman–Crippen MR) is 85.5 cm³/mol. The fraction of sp³-hybridized carbons (Fsp3) is 0.389. The van der Waals surface area contributed by atoms with Crippen molar-refractivity contribution in [2.75, 3.05) is 0 Å². The summed E-state index contributed by atoms with van der Waals surface area (Å²) in [7, 11) is 0. The lowest BCUT2D eigenvalue weighted by Crippen LogP contribution is -2.46. The first-order valence-corrected chi connectivity index (χ1v) is 8.57. The van der Waals surface area contributed by atoms with Crippen LogP contribution in [0, 0.1) is 35.5 Å². The lowest BCUT2D eigenvalue weighted by molar-refractivity contribution is -0.143. The highest BCUT2D eigenvalue weighted by Crippen LogP contribution is 2.65. The number of halogens is 1. The Labute approximate surface area is 143 Å². The summed E-state index contributed by atoms with van der Waals surface area (Å²) >= 11 is 5.89. The average molecular weight is 343 g/mol. The summed E-state index contributed by atoms with van der Waals surface area (Å²) in [6.45, 7) is 0. The Balaban J connectivity index is 1.41. The van der Waals surface area contributed by atoms with Gasteiger partial charge in [0.25, 0.3) is 17.7 Å². The van der Waals surface area contributed by atoms with E-state index in [9.17, 15) is 14.4 Å². The minimum atomic E-state index is -0.497. The molecule has 2 bridgehead atoms. The molecular weight excluding hydrogens is 328 g/mol. The highest BCUT2D eigenvalue weighted by atomic mass is 35.5. The highest BCUT2D eigenvalue weighted by Gasteiger charge is 2.67. The Bertz CT molecular complexity index is 784. The molecule has 0 spiro atoms. The molecule has 24 heavy (non-hydrogen) atoms. The first-order valence-electron chi connectivity index (χ1n) is 8.19. The van der Waals surface area contributed by atoms with Gasteiger partial charge in [-0.2, -0.15) is 5.01 Å². The van der Waals surface area contributed by atoms with Gasteiger partial charge in [0.05, 0.1) is 11.8 Å². The SMILES string of the molecule is O=C(NN1C(=O)[C@@H]2[C@H]3C=C[C@@H]([C@@H]4C[C@@H]34)[C@H]2C1=O)c1cccc(Cl)c1. The number of imide groups is 1. The zero-order chi connectivity index (χ0) is 16.6. The summed E-state index contributed by atoms with van der Waals surface area (Å²) in [5.41, 5.74) is 2.81. The fourth-order valence-electron chi connectivity index (χ4n) is 4.86. The summed E-state index contributed by atoms with van der Waals surface area (Å²) in [5.74, 6) is -0.280. The molecule has 1 heterocycles. The molecule has 1 aromatic rings. The van der Waals surface area contributed by atoms with Crippen LogP contribution in [0.1, 0.15) is 16.8 Å². The molecule has 1 aliphatic heterocycles. The van der Waals surface area contributed by atoms with Crippen molar-refractivity contribution in [1.29, 1.82) is 0 Å². The lowest BCUT2D eigenvalue weighted by Gasteiger charge is -2.37. The van der Waals surface area contributed by atoms with Gasteiger partial charge in [-0.05, 0) is 48.3 Å². The Morgan fingerprint density at radius 2 is 1.71 bits per heavy atom. The molecule has 6 atom stereocenters. The van der Waals surface area contributed by atoms with Crippen LogP contribution in [0.5, 0.6) is 0 Å². The van der Waals surface area contributed by atoms with Gasteiger partial charge in [0.1, 0.15) is 0 Å². The van der Waals surface area contributed by atoms with E-state index in [2.05, 4.69) is 17.6 Å². The van der Waals surface area contributed by atoms with E-state index >= 15 is 0 Å². The number of rotatable bonds is 2. The first-order chi connectivity index (χ1) is 11.6. The van der Waals surface area contributed by atoms with E-state index in [0.29, 0.717) is 22.4 Å². The Hall–Kier alpha value is -2.14. The minimum Gasteiger partial charge on any atom is -0.272 e. The van der Waals surface area contributed by atoms with Crippen LogP contribution in [0.2, 0.25) is 5.02 Å². The zero-order valence-corrected chi connectivity index (χ0v) is 13.4. The molecule has 6 heteroatoms. The number of nitrogens with one attached hydrogen (secondary N) is 1. The van der Waals surface area contributed by atoms with Gasteiger partial charge in [0.2, 0.25) is 0 Å². The first kappa shape index (κ1) is 14.2. The zero-order valence-electron chi connectivity index (χ0n) is 12.7. The fourth-order valence-corrected chi connectivity index (χ4v) is 5.05. The van der Waals surface area contributed by atoms with Crippen molar-refractivity contribution in [3.8, 4) is 0 Å². The van der Waals surface area contributed by atoms with E-state index in [-0.39, 0.29) is 35.5 Å². The van der Waals surface area contributed by atoms with Crippen LogP contribution in [0.4, 0.5) is 0 Å². The molecule has 122 valence electrons. The van der Waals surface area contributed by atoms with E-state index in [1.807, 2.05) is 0 Å². The van der Waals surface area contributed by atoms with Gasteiger partial charge < -0.3 is 0 Å². The number of amides is 3. The number of hydrogen-bond acceptors (Lipinski definition) is 3. The number of hydrazine groups is 1. The molecular formula is C18H15ClN2O3. The second kappa shape index (κ2) is 4.70. The summed E-state index contributed by atoms with van der Waals surface area (Å²) in [5, 5.41) is 1.37. The van der Waals surface area contributed by atoms with Crippen LogP contribution < -0.4 is 5.43 Å². The van der Waals surface area contributed by atoms with Gasteiger partial charge in [0, 0.05) is 10.6 Å². The maximum Gasteiger partial charge on any atom is 0.270 e. The van der Waals surface area contributed by atoms with E-state index < -0.39 is 5.91 Å². The lowest BCUT2D eigenvalue weighted by atomic mass is 9.63. The molecule has 3 fully saturated rings. The normalized spacial score (nSPS) is 38.1. The molecule has 1 saturated heterocycles. The predicted octanol–water partition coefficient (Wildman–Crippen LogP) is 2.04. The standard InChI is InChI=1S/C18H15ClN2O3/c19-9-3-1-2-8(6-9)16(22)20-21-17(23)14-10-4-5-11(13-7-12(10)13)15(14)18(21)24/h1-6,10-15H,7H2,(H,20,22)/t10-,11-,12-,13-,14+,15+/m0/s1. The average Bonchev–Trinajstić information content (AvgIpc) is 3.36. The molecule has 0 aromatic heterocycles. The third-order valence-corrected chi connectivity index (χ3v) is 6.20. The smallest absolute Gasteiger partial charge is 0.270 e. The summed E-state index contributed by atoms with van der Waals surface area (Å²) in [6, 6.07) is 6.42. The Morgan fingerprint density at radius 1 is 1.08 bits per heavy atom. The highest BCUT2D eigenvalue weighted by molar-refractivity contribution is 6.31. The largest absolute Gasteiger partial charge is 0.272 e. The molecule has 5 aliphatic rings. The Morgan fingerprint density at radius 3 is 2.29 bits per heavy atom. The van der Waals surface area contributed by atoms with Crippen molar-refractivity contribution in [1.82, 2.24) is 10.4 Å². The van der Waals surface area contributed by atoms with Gasteiger partial charge in [0.15, 0.2) is 0 Å². The summed E-state index contributed by atoms with van der Waals surface area (Å²) < 4.78 is 0. The number of nitrogens with zero attached hydrogens (tertiary/aromatic N) is 1. The maximum atomic E-state index is 12.8. The second-order valence-corrected chi connectivity index (χ2v) is 7.55. The van der Waals surface area contributed by atoms with E-state index in [1.54, 1.807) is 18.2 Å². The molecule has 1 aromatic carbocycles. The third kappa shape index (κ3) is 1.79. The third-order valence-electron chi connectivity index (χ3n) is 5.96. The topological polar surface area (TPSA) is 66.5 Å². The van der Waals surface area contributed by atoms with E-state index in [4.69, 9.17) is 11.6 Å². The van der Waals surface area contributed by atoms with Crippen LogP contribution in [0.25, 0.3) is 0 Å². The molecule has 3 amide bonds. The monoisotopic (exact) mass is 342 g/mol. The van der Waals surface area contributed by atoms with Gasteiger partial charge in [-0.3, -0.25) is 19.8 Å². The van der Waals surface area contributed by atoms with Crippen LogP contribution in [-0.2, 0) is 9.59 Å². The summed E-state index contributed by atoms with van der Waals surface area (Å²) in [6.07, 6.45) is 5.33. The van der Waals surface area contributed by atoms with Crippen LogP contribution in [0.15, 0.2) is 36.4 Å². The van der Waals surface area contributed by atoms with Gasteiger partial charge in [-0.1, -0.05) is 29.8 Å². The number of carbonyl (C=O) groups is 3. The number of benzene rings is 1. The Kier molecular flexibility index (Phi) is 2.78. The van der Waals surface area contributed by atoms with Crippen LogP contribution >= 0.6 is 11.6 Å². The van der Waals surface area contributed by atoms with Crippen molar-refractivity contribution < 1.29 is 14.4 Å². The van der Waals surface area contributed by atoms with Crippen molar-refractivity contribution >= 4 is 29.3 Å². The molecule has 4 aliphatic carbocycles. The van der Waals surface area contributed by atoms with E-state index in [1.165, 1.54) is 6.07 Å². The van der Waals surface area contributed by atoms with Crippen molar-refractivity contribution in [3.63, 3.8) is 0 Å². The van der Waals surface area contributed by atoms with E-state index in [0.717, 1.165) is 11.4 Å². The molecule has 0 radical (unpaired) electrons. The van der Waals surface area contributed by atoms with Crippen molar-refractivity contribution in [2.45, 2.75) is 6.42 Å². The molecule has 2 saturated carbocycles. The second-order valence-electron chi connectivity index (χ2n) is 7.12. The molecule has 5 nitrogen and oxygen atoms in total. The number of allylic oxidation sites excluding steroid dienone is 2. The minimum absolute atomic E-state index is 0.148. The van der Waals surface area contributed by atoms with Gasteiger partial charge in [-0.25, -0.2) is 0 Å². The number of hydrogen-bond donors (Lipinski definition) is 1. The molecule has 1 N–H and O–H groups in total. The molecule has 0 unspecified atom stereocenters. The molecule has 6 rings (SSSR count). The summed E-state index contributed by atoms with van der Waals surface area (Å²) in [4.78, 5) is 37.9. The maximum absolute atomic E-state index is 12.8.